The van der Waals surface area contributed by atoms with E-state index in [1.54, 1.807) is 11.8 Å². The molecular weight excluding hydrogens is 279 g/mol. The van der Waals surface area contributed by atoms with Gasteiger partial charge >= 0.3 is 0 Å². The van der Waals surface area contributed by atoms with E-state index < -0.39 is 0 Å². The molecule has 0 nitrogen and oxygen atoms in total. The molecule has 0 bridgehead atoms. The maximum atomic E-state index is 5.90. The topological polar surface area (TPSA) is 0 Å². The molecule has 3 heteroatoms. The highest BCUT2D eigenvalue weighted by Crippen LogP contribution is 2.26. The van der Waals surface area contributed by atoms with Gasteiger partial charge in [-0.3, -0.25) is 0 Å². The second-order valence-electron chi connectivity index (χ2n) is 1.78. The molecule has 1 rings (SSSR count). The first-order chi connectivity index (χ1) is 4.74. The Hall–Kier alpha value is 0.590. The molecule has 0 heterocycles. The number of thioether (sulfide) groups is 1. The minimum Gasteiger partial charge on any atom is -0.128 e. The molecule has 1 aromatic rings. The summed E-state index contributed by atoms with van der Waals surface area (Å²) in [6.07, 6.45) is 2.02. The van der Waals surface area contributed by atoms with E-state index in [4.69, 9.17) is 11.6 Å². The predicted octanol–water partition coefficient (Wildman–Crippen LogP) is 3.67. The lowest BCUT2D eigenvalue weighted by molar-refractivity contribution is 1.44. The number of hydrogen-bond donors (Lipinski definition) is 0. The first-order valence-corrected chi connectivity index (χ1v) is 5.41. The van der Waals surface area contributed by atoms with Gasteiger partial charge in [0.15, 0.2) is 0 Å². The molecule has 0 N–H and O–H groups in total. The fourth-order valence-corrected chi connectivity index (χ4v) is 2.19. The van der Waals surface area contributed by atoms with Crippen molar-refractivity contribution in [3.63, 3.8) is 0 Å². The van der Waals surface area contributed by atoms with Gasteiger partial charge in [0.2, 0.25) is 0 Å². The largest absolute Gasteiger partial charge is 0.128 e. The maximum Gasteiger partial charge on any atom is 0.0552 e. The van der Waals surface area contributed by atoms with Gasteiger partial charge in [-0.05, 0) is 47.0 Å². The van der Waals surface area contributed by atoms with Crippen LogP contribution in [0.4, 0.5) is 0 Å². The van der Waals surface area contributed by atoms with Gasteiger partial charge in [0, 0.05) is 8.47 Å². The Labute approximate surface area is 83.5 Å². The van der Waals surface area contributed by atoms with Crippen molar-refractivity contribution in [2.45, 2.75) is 4.90 Å². The summed E-state index contributed by atoms with van der Waals surface area (Å²) in [6.45, 7) is 0. The Bertz CT molecular complexity index is 237. The zero-order valence-electron chi connectivity index (χ0n) is 5.40. The Morgan fingerprint density at radius 3 is 2.70 bits per heavy atom. The molecule has 0 saturated heterocycles. The number of benzene rings is 1. The summed E-state index contributed by atoms with van der Waals surface area (Å²) < 4.78 is 1.18. The Morgan fingerprint density at radius 2 is 2.20 bits per heavy atom. The van der Waals surface area contributed by atoms with Crippen LogP contribution in [0.25, 0.3) is 0 Å². The van der Waals surface area contributed by atoms with E-state index in [1.807, 2.05) is 18.4 Å². The van der Waals surface area contributed by atoms with Gasteiger partial charge in [0.05, 0.1) is 5.02 Å². The second-order valence-corrected chi connectivity index (χ2v) is 4.28. The van der Waals surface area contributed by atoms with E-state index in [9.17, 15) is 0 Å². The molecular formula is C7H6ClIS. The van der Waals surface area contributed by atoms with E-state index in [0.29, 0.717) is 0 Å². The van der Waals surface area contributed by atoms with Crippen molar-refractivity contribution in [1.82, 2.24) is 0 Å². The zero-order valence-corrected chi connectivity index (χ0v) is 9.13. The van der Waals surface area contributed by atoms with Gasteiger partial charge in [0.1, 0.15) is 0 Å². The molecule has 0 atom stereocenters. The average molecular weight is 285 g/mol. The van der Waals surface area contributed by atoms with Crippen molar-refractivity contribution in [2.75, 3.05) is 6.26 Å². The molecule has 0 aliphatic heterocycles. The van der Waals surface area contributed by atoms with Crippen LogP contribution in [0.1, 0.15) is 0 Å². The highest BCUT2D eigenvalue weighted by molar-refractivity contribution is 14.1. The molecule has 0 aliphatic rings. The van der Waals surface area contributed by atoms with Gasteiger partial charge in [-0.2, -0.15) is 0 Å². The van der Waals surface area contributed by atoms with E-state index in [-0.39, 0.29) is 0 Å². The summed E-state index contributed by atoms with van der Waals surface area (Å²) in [4.78, 5) is 1.14. The van der Waals surface area contributed by atoms with Crippen LogP contribution < -0.4 is 0 Å². The summed E-state index contributed by atoms with van der Waals surface area (Å²) in [5.74, 6) is 0. The third kappa shape index (κ3) is 2.04. The van der Waals surface area contributed by atoms with Crippen LogP contribution in [0.5, 0.6) is 0 Å². The van der Waals surface area contributed by atoms with Crippen molar-refractivity contribution >= 4 is 46.0 Å². The quantitative estimate of drug-likeness (QED) is 0.560. The molecule has 0 aliphatic carbocycles. The fourth-order valence-electron chi connectivity index (χ4n) is 0.641. The molecule has 0 spiro atoms. The molecule has 0 radical (unpaired) electrons. The van der Waals surface area contributed by atoms with Crippen molar-refractivity contribution in [3.05, 3.63) is 26.8 Å². The smallest absolute Gasteiger partial charge is 0.0552 e. The minimum atomic E-state index is 0.847. The van der Waals surface area contributed by atoms with Gasteiger partial charge in [-0.1, -0.05) is 11.6 Å². The summed E-state index contributed by atoms with van der Waals surface area (Å²) in [6, 6.07) is 6.06. The standard InChI is InChI=1S/C7H6ClIS/c1-10-7-3-2-5(9)4-6(7)8/h2-4H,1H3. The van der Waals surface area contributed by atoms with Crippen LogP contribution >= 0.6 is 46.0 Å². The molecule has 10 heavy (non-hydrogen) atoms. The lowest BCUT2D eigenvalue weighted by Crippen LogP contribution is -1.74. The van der Waals surface area contributed by atoms with Crippen molar-refractivity contribution in [2.24, 2.45) is 0 Å². The molecule has 0 fully saturated rings. The lowest BCUT2D eigenvalue weighted by Gasteiger charge is -1.98. The number of rotatable bonds is 1. The van der Waals surface area contributed by atoms with Crippen LogP contribution in [0.2, 0.25) is 5.02 Å². The zero-order chi connectivity index (χ0) is 7.56. The first kappa shape index (κ1) is 8.68. The Kier molecular flexibility index (Phi) is 3.33. The fraction of sp³-hybridized carbons (Fsp3) is 0.143. The summed E-state index contributed by atoms with van der Waals surface area (Å²) in [7, 11) is 0. The summed E-state index contributed by atoms with van der Waals surface area (Å²) in [5.41, 5.74) is 0. The van der Waals surface area contributed by atoms with Crippen molar-refractivity contribution < 1.29 is 0 Å². The molecule has 0 saturated carbocycles. The van der Waals surface area contributed by atoms with Crippen molar-refractivity contribution in [3.8, 4) is 0 Å². The molecule has 0 unspecified atom stereocenters. The Morgan fingerprint density at radius 1 is 1.50 bits per heavy atom. The van der Waals surface area contributed by atoms with Gasteiger partial charge in [0.25, 0.3) is 0 Å². The van der Waals surface area contributed by atoms with E-state index in [2.05, 4.69) is 28.7 Å². The van der Waals surface area contributed by atoms with Gasteiger partial charge in [-0.25, -0.2) is 0 Å². The van der Waals surface area contributed by atoms with E-state index in [1.165, 1.54) is 3.57 Å². The second kappa shape index (κ2) is 3.83. The Balaban J connectivity index is 3.07. The highest BCUT2D eigenvalue weighted by atomic mass is 127. The number of halogens is 2. The normalized spacial score (nSPS) is 9.90. The number of hydrogen-bond acceptors (Lipinski definition) is 1. The first-order valence-electron chi connectivity index (χ1n) is 2.73. The summed E-state index contributed by atoms with van der Waals surface area (Å²) >= 11 is 9.82. The van der Waals surface area contributed by atoms with Crippen LogP contribution in [0.3, 0.4) is 0 Å². The van der Waals surface area contributed by atoms with Gasteiger partial charge in [-0.15, -0.1) is 11.8 Å². The average Bonchev–Trinajstić information content (AvgIpc) is 1.88. The van der Waals surface area contributed by atoms with Gasteiger partial charge < -0.3 is 0 Å². The molecule has 54 valence electrons. The monoisotopic (exact) mass is 284 g/mol. The molecule has 1 aromatic carbocycles. The molecule has 0 aromatic heterocycles. The van der Waals surface area contributed by atoms with Crippen LogP contribution in [-0.4, -0.2) is 6.26 Å². The third-order valence-corrected chi connectivity index (χ3v) is 3.01. The van der Waals surface area contributed by atoms with Crippen LogP contribution in [0, 0.1) is 3.57 Å². The van der Waals surface area contributed by atoms with Crippen molar-refractivity contribution in [1.29, 1.82) is 0 Å². The lowest BCUT2D eigenvalue weighted by atomic mass is 10.4. The van der Waals surface area contributed by atoms with Crippen LogP contribution in [-0.2, 0) is 0 Å². The third-order valence-electron chi connectivity index (χ3n) is 1.11. The minimum absolute atomic E-state index is 0.847. The summed E-state index contributed by atoms with van der Waals surface area (Å²) in [5, 5.41) is 0.847. The highest BCUT2D eigenvalue weighted by Gasteiger charge is 1.96. The molecule has 0 amide bonds. The van der Waals surface area contributed by atoms with Crippen LogP contribution in [0.15, 0.2) is 23.1 Å². The van der Waals surface area contributed by atoms with E-state index in [0.717, 1.165) is 9.92 Å². The maximum absolute atomic E-state index is 5.90. The predicted molar refractivity (Wildman–Crippen MR) is 56.0 cm³/mol. The van der Waals surface area contributed by atoms with E-state index >= 15 is 0 Å². The SMILES string of the molecule is CSc1ccc(I)cc1Cl.